The molecule has 0 fully saturated rings. The summed E-state index contributed by atoms with van der Waals surface area (Å²) >= 11 is 0. The summed E-state index contributed by atoms with van der Waals surface area (Å²) < 4.78 is 0. The van der Waals surface area contributed by atoms with Crippen LogP contribution < -0.4 is 11.1 Å². The van der Waals surface area contributed by atoms with Crippen LogP contribution >= 0.6 is 0 Å². The van der Waals surface area contributed by atoms with E-state index in [1.165, 1.54) is 5.56 Å². The second-order valence-corrected chi connectivity index (χ2v) is 5.96. The summed E-state index contributed by atoms with van der Waals surface area (Å²) in [5.41, 5.74) is 9.21. The third kappa shape index (κ3) is 4.46. The highest BCUT2D eigenvalue weighted by molar-refractivity contribution is 5.49. The maximum atomic E-state index is 5.84. The van der Waals surface area contributed by atoms with Crippen molar-refractivity contribution in [3.8, 4) is 0 Å². The van der Waals surface area contributed by atoms with E-state index in [4.69, 9.17) is 5.73 Å². The number of pyridine rings is 1. The summed E-state index contributed by atoms with van der Waals surface area (Å²) in [7, 11) is 0. The molecular formula is C16H30N4. The second-order valence-electron chi connectivity index (χ2n) is 5.96. The molecule has 0 unspecified atom stereocenters. The number of nitrogens with two attached hydrogens (primary N) is 1. The highest BCUT2D eigenvalue weighted by atomic mass is 15.2. The number of rotatable bonds is 7. The number of aromatic nitrogens is 1. The molecule has 0 amide bonds. The Morgan fingerprint density at radius 2 is 1.80 bits per heavy atom. The van der Waals surface area contributed by atoms with E-state index in [0.717, 1.165) is 30.2 Å². The third-order valence-electron chi connectivity index (χ3n) is 3.67. The minimum atomic E-state index is 0.527. The van der Waals surface area contributed by atoms with Crippen molar-refractivity contribution < 1.29 is 0 Å². The molecule has 3 N–H and O–H groups in total. The van der Waals surface area contributed by atoms with Crippen molar-refractivity contribution >= 4 is 5.82 Å². The lowest BCUT2D eigenvalue weighted by molar-refractivity contribution is 0.182. The molecule has 0 aliphatic carbocycles. The molecule has 0 radical (unpaired) electrons. The van der Waals surface area contributed by atoms with E-state index in [-0.39, 0.29) is 0 Å². The topological polar surface area (TPSA) is 54.2 Å². The van der Waals surface area contributed by atoms with Gasteiger partial charge >= 0.3 is 0 Å². The Balaban J connectivity index is 2.70. The van der Waals surface area contributed by atoms with Crippen LogP contribution in [0.3, 0.4) is 0 Å². The summed E-state index contributed by atoms with van der Waals surface area (Å²) in [5.74, 6) is 0.942. The molecule has 1 heterocycles. The SMILES string of the molecule is Cc1cc(C)c(CN)c(NCCN(C(C)C)C(C)C)n1. The molecule has 0 saturated carbocycles. The van der Waals surface area contributed by atoms with Crippen LogP contribution in [0.2, 0.25) is 0 Å². The van der Waals surface area contributed by atoms with Crippen LogP contribution in [0.4, 0.5) is 5.82 Å². The van der Waals surface area contributed by atoms with Gasteiger partial charge in [0.2, 0.25) is 0 Å². The zero-order valence-corrected chi connectivity index (χ0v) is 13.8. The maximum absolute atomic E-state index is 5.84. The second kappa shape index (κ2) is 7.60. The lowest BCUT2D eigenvalue weighted by Gasteiger charge is -2.30. The van der Waals surface area contributed by atoms with E-state index in [1.807, 2.05) is 6.92 Å². The fourth-order valence-corrected chi connectivity index (χ4v) is 2.68. The maximum Gasteiger partial charge on any atom is 0.131 e. The first kappa shape index (κ1) is 16.9. The molecule has 20 heavy (non-hydrogen) atoms. The first-order valence-corrected chi connectivity index (χ1v) is 7.53. The Morgan fingerprint density at radius 3 is 2.30 bits per heavy atom. The fourth-order valence-electron chi connectivity index (χ4n) is 2.68. The minimum Gasteiger partial charge on any atom is -0.369 e. The smallest absolute Gasteiger partial charge is 0.131 e. The molecular weight excluding hydrogens is 248 g/mol. The number of anilines is 1. The van der Waals surface area contributed by atoms with Crippen LogP contribution in [0.25, 0.3) is 0 Å². The van der Waals surface area contributed by atoms with Crippen molar-refractivity contribution in [3.63, 3.8) is 0 Å². The van der Waals surface area contributed by atoms with Crippen LogP contribution in [0.15, 0.2) is 6.07 Å². The number of nitrogens with zero attached hydrogens (tertiary/aromatic N) is 2. The Labute approximate surface area is 123 Å². The van der Waals surface area contributed by atoms with Gasteiger partial charge in [0.1, 0.15) is 5.82 Å². The summed E-state index contributed by atoms with van der Waals surface area (Å²) in [6.45, 7) is 15.5. The lowest BCUT2D eigenvalue weighted by Crippen LogP contribution is -2.40. The average Bonchev–Trinajstić information content (AvgIpc) is 2.33. The van der Waals surface area contributed by atoms with Crippen molar-refractivity contribution in [3.05, 3.63) is 22.9 Å². The molecule has 0 atom stereocenters. The number of hydrogen-bond acceptors (Lipinski definition) is 4. The summed E-state index contributed by atoms with van der Waals surface area (Å²) in [5, 5.41) is 3.45. The molecule has 1 aromatic rings. The van der Waals surface area contributed by atoms with Crippen LogP contribution in [0.5, 0.6) is 0 Å². The summed E-state index contributed by atoms with van der Waals surface area (Å²) in [4.78, 5) is 7.05. The quantitative estimate of drug-likeness (QED) is 0.805. The number of hydrogen-bond donors (Lipinski definition) is 2. The highest BCUT2D eigenvalue weighted by Gasteiger charge is 2.13. The van der Waals surface area contributed by atoms with Crippen LogP contribution in [-0.2, 0) is 6.54 Å². The van der Waals surface area contributed by atoms with Gasteiger partial charge in [0, 0.05) is 43.0 Å². The molecule has 0 aliphatic heterocycles. The minimum absolute atomic E-state index is 0.527. The van der Waals surface area contributed by atoms with Gasteiger partial charge in [0.15, 0.2) is 0 Å². The molecule has 0 aliphatic rings. The van der Waals surface area contributed by atoms with Gasteiger partial charge in [0.05, 0.1) is 0 Å². The van der Waals surface area contributed by atoms with Crippen molar-refractivity contribution in [1.82, 2.24) is 9.88 Å². The molecule has 4 nitrogen and oxygen atoms in total. The van der Waals surface area contributed by atoms with E-state index in [2.05, 4.69) is 55.9 Å². The van der Waals surface area contributed by atoms with Crippen LogP contribution in [-0.4, -0.2) is 35.1 Å². The molecule has 1 aromatic heterocycles. The van der Waals surface area contributed by atoms with Gasteiger partial charge in [-0.15, -0.1) is 0 Å². The first-order valence-electron chi connectivity index (χ1n) is 7.53. The lowest BCUT2D eigenvalue weighted by atomic mass is 10.1. The van der Waals surface area contributed by atoms with Gasteiger partial charge in [-0.1, -0.05) is 0 Å². The van der Waals surface area contributed by atoms with E-state index in [9.17, 15) is 0 Å². The molecule has 1 rings (SSSR count). The molecule has 4 heteroatoms. The van der Waals surface area contributed by atoms with Crippen molar-refractivity contribution in [2.24, 2.45) is 5.73 Å². The van der Waals surface area contributed by atoms with Crippen molar-refractivity contribution in [2.75, 3.05) is 18.4 Å². The zero-order valence-electron chi connectivity index (χ0n) is 13.8. The van der Waals surface area contributed by atoms with Gasteiger partial charge in [-0.05, 0) is 53.2 Å². The highest BCUT2D eigenvalue weighted by Crippen LogP contribution is 2.18. The number of nitrogens with one attached hydrogen (secondary N) is 1. The molecule has 0 spiro atoms. The Bertz CT molecular complexity index is 419. The van der Waals surface area contributed by atoms with E-state index >= 15 is 0 Å². The van der Waals surface area contributed by atoms with Crippen LogP contribution in [0, 0.1) is 13.8 Å². The van der Waals surface area contributed by atoms with Gasteiger partial charge < -0.3 is 11.1 Å². The summed E-state index contributed by atoms with van der Waals surface area (Å²) in [6, 6.07) is 3.19. The molecule has 0 bridgehead atoms. The predicted octanol–water partition coefficient (Wildman–Crippen LogP) is 2.69. The van der Waals surface area contributed by atoms with Crippen LogP contribution in [0.1, 0.15) is 44.5 Å². The average molecular weight is 278 g/mol. The monoisotopic (exact) mass is 278 g/mol. The van der Waals surface area contributed by atoms with Crippen molar-refractivity contribution in [1.29, 1.82) is 0 Å². The van der Waals surface area contributed by atoms with E-state index < -0.39 is 0 Å². The molecule has 0 aromatic carbocycles. The van der Waals surface area contributed by atoms with Gasteiger partial charge in [-0.25, -0.2) is 4.98 Å². The van der Waals surface area contributed by atoms with E-state index in [1.54, 1.807) is 0 Å². The molecule has 114 valence electrons. The molecule has 0 saturated heterocycles. The largest absolute Gasteiger partial charge is 0.369 e. The summed E-state index contributed by atoms with van der Waals surface area (Å²) in [6.07, 6.45) is 0. The number of aryl methyl sites for hydroxylation is 2. The van der Waals surface area contributed by atoms with Gasteiger partial charge in [0.25, 0.3) is 0 Å². The standard InChI is InChI=1S/C16H30N4/c1-11(2)20(12(3)4)8-7-18-16-15(10-17)13(5)9-14(6)19-16/h9,11-12H,7-8,10,17H2,1-6H3,(H,18,19). The predicted molar refractivity (Wildman–Crippen MR) is 87.1 cm³/mol. The van der Waals surface area contributed by atoms with Crippen molar-refractivity contribution in [2.45, 2.75) is 60.2 Å². The van der Waals surface area contributed by atoms with E-state index in [0.29, 0.717) is 18.6 Å². The Morgan fingerprint density at radius 1 is 1.20 bits per heavy atom. The zero-order chi connectivity index (χ0) is 15.3. The fraction of sp³-hybridized carbons (Fsp3) is 0.688. The third-order valence-corrected chi connectivity index (χ3v) is 3.67. The van der Waals surface area contributed by atoms with Gasteiger partial charge in [-0.3, -0.25) is 4.90 Å². The Kier molecular flexibility index (Phi) is 6.43. The van der Waals surface area contributed by atoms with Gasteiger partial charge in [-0.2, -0.15) is 0 Å². The Hall–Kier alpha value is -1.13. The first-order chi connectivity index (χ1) is 9.36. The normalized spacial score (nSPS) is 11.7.